The van der Waals surface area contributed by atoms with E-state index in [1.165, 1.54) is 5.56 Å². The number of carbonyl (C=O) groups excluding carboxylic acids is 1. The molecule has 0 atom stereocenters. The summed E-state index contributed by atoms with van der Waals surface area (Å²) in [5.74, 6) is -0.0292. The first-order chi connectivity index (χ1) is 11.7. The number of fused-ring (bicyclic) bond motifs is 1. The number of benzene rings is 2. The number of aromatic nitrogens is 1. The topological polar surface area (TPSA) is 62.0 Å². The Balaban J connectivity index is 1.52. The van der Waals surface area contributed by atoms with Crippen molar-refractivity contribution in [1.82, 2.24) is 10.3 Å². The molecule has 0 bridgehead atoms. The molecule has 0 aliphatic carbocycles. The Morgan fingerprint density at radius 1 is 0.958 bits per heavy atom. The monoisotopic (exact) mass is 320 g/mol. The molecule has 0 fully saturated rings. The normalized spacial score (nSPS) is 10.7. The molecule has 0 unspecified atom stereocenters. The van der Waals surface area contributed by atoms with Gasteiger partial charge in [0.1, 0.15) is 0 Å². The van der Waals surface area contributed by atoms with Crippen LogP contribution in [0.2, 0.25) is 0 Å². The molecule has 1 heterocycles. The Hall–Kier alpha value is -2.88. The van der Waals surface area contributed by atoms with E-state index in [4.69, 9.17) is 0 Å². The maximum absolute atomic E-state index is 12.1. The van der Waals surface area contributed by atoms with Crippen molar-refractivity contribution >= 4 is 16.8 Å². The second-order valence-electron chi connectivity index (χ2n) is 5.80. The van der Waals surface area contributed by atoms with E-state index in [2.05, 4.69) is 10.3 Å². The van der Waals surface area contributed by atoms with Gasteiger partial charge in [-0.05, 0) is 35.9 Å². The van der Waals surface area contributed by atoms with Crippen molar-refractivity contribution in [2.24, 2.45) is 0 Å². The van der Waals surface area contributed by atoms with Gasteiger partial charge in [0.05, 0.1) is 0 Å². The van der Waals surface area contributed by atoms with Crippen LogP contribution in [-0.4, -0.2) is 17.4 Å². The van der Waals surface area contributed by atoms with Gasteiger partial charge in [-0.2, -0.15) is 0 Å². The Morgan fingerprint density at radius 3 is 2.54 bits per heavy atom. The first-order valence-corrected chi connectivity index (χ1v) is 8.14. The lowest BCUT2D eigenvalue weighted by Crippen LogP contribution is -2.26. The van der Waals surface area contributed by atoms with Crippen LogP contribution in [0.4, 0.5) is 0 Å². The second-order valence-corrected chi connectivity index (χ2v) is 5.80. The van der Waals surface area contributed by atoms with Gasteiger partial charge in [0.2, 0.25) is 5.91 Å². The van der Waals surface area contributed by atoms with Gasteiger partial charge in [0.25, 0.3) is 5.56 Å². The first-order valence-electron chi connectivity index (χ1n) is 8.14. The third-order valence-electron chi connectivity index (χ3n) is 4.03. The fourth-order valence-electron chi connectivity index (χ4n) is 2.71. The van der Waals surface area contributed by atoms with Crippen LogP contribution >= 0.6 is 0 Å². The van der Waals surface area contributed by atoms with Crippen LogP contribution in [0.1, 0.15) is 17.5 Å². The van der Waals surface area contributed by atoms with Crippen molar-refractivity contribution in [3.8, 4) is 0 Å². The largest absolute Gasteiger partial charge is 0.356 e. The van der Waals surface area contributed by atoms with Crippen LogP contribution in [0.25, 0.3) is 10.9 Å². The number of hydrogen-bond acceptors (Lipinski definition) is 2. The SMILES string of the molecule is O=C(CCc1cc2ccccc2[nH]c1=O)NCCc1ccccc1. The van der Waals surface area contributed by atoms with Crippen LogP contribution in [0.5, 0.6) is 0 Å². The highest BCUT2D eigenvalue weighted by atomic mass is 16.1. The molecule has 0 radical (unpaired) electrons. The molecule has 24 heavy (non-hydrogen) atoms. The van der Waals surface area contributed by atoms with Gasteiger partial charge in [-0.3, -0.25) is 9.59 Å². The smallest absolute Gasteiger partial charge is 0.251 e. The van der Waals surface area contributed by atoms with Gasteiger partial charge in [0.15, 0.2) is 0 Å². The Bertz CT molecular complexity index is 885. The Kier molecular flexibility index (Phi) is 5.06. The van der Waals surface area contributed by atoms with E-state index in [1.807, 2.05) is 60.7 Å². The molecule has 3 rings (SSSR count). The van der Waals surface area contributed by atoms with Crippen LogP contribution < -0.4 is 10.9 Å². The Morgan fingerprint density at radius 2 is 1.71 bits per heavy atom. The van der Waals surface area contributed by atoms with Crippen LogP contribution in [-0.2, 0) is 17.6 Å². The molecule has 0 aliphatic rings. The quantitative estimate of drug-likeness (QED) is 0.733. The van der Waals surface area contributed by atoms with Crippen molar-refractivity contribution in [3.05, 3.63) is 82.1 Å². The average Bonchev–Trinajstić information content (AvgIpc) is 2.61. The summed E-state index contributed by atoms with van der Waals surface area (Å²) < 4.78 is 0. The minimum absolute atomic E-state index is 0.0292. The number of hydrogen-bond donors (Lipinski definition) is 2. The van der Waals surface area contributed by atoms with Crippen molar-refractivity contribution < 1.29 is 4.79 Å². The van der Waals surface area contributed by atoms with Crippen LogP contribution in [0.3, 0.4) is 0 Å². The number of H-pyrrole nitrogens is 1. The predicted octanol–water partition coefficient (Wildman–Crippen LogP) is 2.82. The maximum Gasteiger partial charge on any atom is 0.251 e. The van der Waals surface area contributed by atoms with Gasteiger partial charge in [-0.25, -0.2) is 0 Å². The number of amides is 1. The molecule has 0 spiro atoms. The summed E-state index contributed by atoms with van der Waals surface area (Å²) in [5, 5.41) is 3.89. The fraction of sp³-hybridized carbons (Fsp3) is 0.200. The van der Waals surface area contributed by atoms with Crippen LogP contribution in [0, 0.1) is 0 Å². The third kappa shape index (κ3) is 4.10. The van der Waals surface area contributed by atoms with Gasteiger partial charge in [-0.15, -0.1) is 0 Å². The van der Waals surface area contributed by atoms with Crippen molar-refractivity contribution in [1.29, 1.82) is 0 Å². The summed E-state index contributed by atoms with van der Waals surface area (Å²) in [7, 11) is 0. The van der Waals surface area contributed by atoms with Crippen molar-refractivity contribution in [2.45, 2.75) is 19.3 Å². The number of pyridine rings is 1. The molecule has 0 saturated carbocycles. The number of nitrogens with one attached hydrogen (secondary N) is 2. The zero-order valence-electron chi connectivity index (χ0n) is 13.4. The number of para-hydroxylation sites is 1. The van der Waals surface area contributed by atoms with Crippen molar-refractivity contribution in [2.75, 3.05) is 6.54 Å². The molecule has 4 heteroatoms. The molecule has 2 N–H and O–H groups in total. The van der Waals surface area contributed by atoms with E-state index in [0.717, 1.165) is 17.3 Å². The van der Waals surface area contributed by atoms with E-state index < -0.39 is 0 Å². The molecule has 122 valence electrons. The lowest BCUT2D eigenvalue weighted by atomic mass is 10.1. The van der Waals surface area contributed by atoms with E-state index >= 15 is 0 Å². The molecule has 4 nitrogen and oxygen atoms in total. The second kappa shape index (κ2) is 7.59. The fourth-order valence-corrected chi connectivity index (χ4v) is 2.71. The number of aryl methyl sites for hydroxylation is 1. The van der Waals surface area contributed by atoms with Gasteiger partial charge in [0, 0.05) is 24.0 Å². The van der Waals surface area contributed by atoms with Gasteiger partial charge in [-0.1, -0.05) is 48.5 Å². The highest BCUT2D eigenvalue weighted by Gasteiger charge is 2.06. The van der Waals surface area contributed by atoms with E-state index in [-0.39, 0.29) is 11.5 Å². The summed E-state index contributed by atoms with van der Waals surface area (Å²) in [6.07, 6.45) is 1.57. The predicted molar refractivity (Wildman–Crippen MR) is 96.0 cm³/mol. The highest BCUT2D eigenvalue weighted by Crippen LogP contribution is 2.11. The van der Waals surface area contributed by atoms with Crippen molar-refractivity contribution in [3.63, 3.8) is 0 Å². The van der Waals surface area contributed by atoms with E-state index in [1.54, 1.807) is 0 Å². The third-order valence-corrected chi connectivity index (χ3v) is 4.03. The lowest BCUT2D eigenvalue weighted by Gasteiger charge is -2.06. The molecule has 0 aliphatic heterocycles. The van der Waals surface area contributed by atoms with Gasteiger partial charge < -0.3 is 10.3 Å². The molecule has 3 aromatic rings. The molecular formula is C20H20N2O2. The summed E-state index contributed by atoms with van der Waals surface area (Å²) in [4.78, 5) is 26.9. The minimum Gasteiger partial charge on any atom is -0.356 e. The zero-order valence-corrected chi connectivity index (χ0v) is 13.4. The standard InChI is InChI=1S/C20H20N2O2/c23-19(21-13-12-15-6-2-1-3-7-15)11-10-17-14-16-8-4-5-9-18(16)22-20(17)24/h1-9,14H,10-13H2,(H,21,23)(H,22,24). The minimum atomic E-state index is -0.120. The summed E-state index contributed by atoms with van der Waals surface area (Å²) in [5.41, 5.74) is 2.54. The lowest BCUT2D eigenvalue weighted by molar-refractivity contribution is -0.121. The molecule has 2 aromatic carbocycles. The molecule has 1 aromatic heterocycles. The molecular weight excluding hydrogens is 300 g/mol. The maximum atomic E-state index is 12.1. The van der Waals surface area contributed by atoms with Gasteiger partial charge >= 0.3 is 0 Å². The first kappa shape index (κ1) is 16.0. The average molecular weight is 320 g/mol. The summed E-state index contributed by atoms with van der Waals surface area (Å²) >= 11 is 0. The zero-order chi connectivity index (χ0) is 16.8. The number of aromatic amines is 1. The van der Waals surface area contributed by atoms with E-state index in [0.29, 0.717) is 24.9 Å². The number of carbonyl (C=O) groups is 1. The summed E-state index contributed by atoms with van der Waals surface area (Å²) in [6.45, 7) is 0.608. The Labute approximate surface area is 140 Å². The van der Waals surface area contributed by atoms with E-state index in [9.17, 15) is 9.59 Å². The highest BCUT2D eigenvalue weighted by molar-refractivity contribution is 5.79. The molecule has 0 saturated heterocycles. The van der Waals surface area contributed by atoms with Crippen LogP contribution in [0.15, 0.2) is 65.5 Å². The molecule has 1 amide bonds. The number of rotatable bonds is 6. The summed E-state index contributed by atoms with van der Waals surface area (Å²) in [6, 6.07) is 19.5.